The summed E-state index contributed by atoms with van der Waals surface area (Å²) in [5.41, 5.74) is -0.639. The largest absolute Gasteiger partial charge is 0.411 e. The minimum absolute atomic E-state index is 0.0537. The van der Waals surface area contributed by atoms with Crippen LogP contribution in [0.5, 0.6) is 0 Å². The summed E-state index contributed by atoms with van der Waals surface area (Å²) in [6.45, 7) is -2.73. The van der Waals surface area contributed by atoms with Crippen molar-refractivity contribution in [1.29, 1.82) is 0 Å². The molecule has 0 aliphatic heterocycles. The maximum absolute atomic E-state index is 15.1. The Morgan fingerprint density at radius 3 is 2.23 bits per heavy atom. The number of anilines is 1. The second kappa shape index (κ2) is 13.3. The highest BCUT2D eigenvalue weighted by atomic mass is 35.5. The molecule has 0 spiro atoms. The fourth-order valence-corrected chi connectivity index (χ4v) is 5.79. The quantitative estimate of drug-likeness (QED) is 0.125. The third-order valence-corrected chi connectivity index (χ3v) is 8.25. The topological polar surface area (TPSA) is 72.5 Å². The monoisotopic (exact) mass is 699 g/mol. The van der Waals surface area contributed by atoms with E-state index in [0.29, 0.717) is 5.56 Å². The van der Waals surface area contributed by atoms with Crippen molar-refractivity contribution in [3.8, 4) is 0 Å². The number of halogens is 10. The molecule has 3 aromatic carbocycles. The Labute approximate surface area is 266 Å². The smallest absolute Gasteiger partial charge is 0.364 e. The van der Waals surface area contributed by atoms with E-state index in [1.54, 1.807) is 0 Å². The number of carbonyl (C=O) groups excluding carboxylic acids is 3. The number of ketones is 2. The van der Waals surface area contributed by atoms with Crippen molar-refractivity contribution in [3.05, 3.63) is 98.3 Å². The highest BCUT2D eigenvalue weighted by molar-refractivity contribution is 6.53. The highest BCUT2D eigenvalue weighted by Crippen LogP contribution is 2.65. The summed E-state index contributed by atoms with van der Waals surface area (Å²) in [4.78, 5) is 38.1. The van der Waals surface area contributed by atoms with Crippen LogP contribution in [0.4, 0.5) is 32.0 Å². The average molecular weight is 701 g/mol. The molecule has 1 N–H and O–H groups in total. The Kier molecular flexibility index (Phi) is 10.3. The maximum Gasteiger partial charge on any atom is 0.411 e. The molecule has 1 aliphatic rings. The number of ether oxygens (including phenoxy) is 1. The minimum atomic E-state index is -4.68. The number of hydrogen-bond donors (Lipinski definition) is 1. The van der Waals surface area contributed by atoms with Crippen molar-refractivity contribution in [1.82, 2.24) is 0 Å². The molecule has 0 heterocycles. The van der Waals surface area contributed by atoms with E-state index >= 15 is 4.39 Å². The van der Waals surface area contributed by atoms with Crippen LogP contribution < -0.4 is 5.32 Å². The van der Waals surface area contributed by atoms with Crippen LogP contribution in [0.15, 0.2) is 48.5 Å². The SMILES string of the molecule is O=C(COCC(F)(F)F)Cc1c(F)ccc(CC(=O)c2cc(NC(=O)[C@H]3[C@H](c4ccc(F)c(Cl)c4)C3(Cl)Cl)ccc2Cl)c1F. The molecule has 234 valence electrons. The highest BCUT2D eigenvalue weighted by Gasteiger charge is 2.67. The predicted molar refractivity (Wildman–Crippen MR) is 152 cm³/mol. The normalized spacial score (nSPS) is 17.3. The van der Waals surface area contributed by atoms with Crippen molar-refractivity contribution < 1.29 is 45.5 Å². The van der Waals surface area contributed by atoms with Gasteiger partial charge in [-0.3, -0.25) is 14.4 Å². The van der Waals surface area contributed by atoms with Gasteiger partial charge in [-0.25, -0.2) is 13.2 Å². The molecular weight excluding hydrogens is 682 g/mol. The van der Waals surface area contributed by atoms with Crippen molar-refractivity contribution in [2.75, 3.05) is 18.5 Å². The maximum atomic E-state index is 15.1. The van der Waals surface area contributed by atoms with Crippen LogP contribution >= 0.6 is 46.4 Å². The number of amides is 1. The summed E-state index contributed by atoms with van der Waals surface area (Å²) < 4.78 is 82.3. The van der Waals surface area contributed by atoms with Gasteiger partial charge in [0.2, 0.25) is 5.91 Å². The molecule has 1 aliphatic carbocycles. The van der Waals surface area contributed by atoms with E-state index < -0.39 is 88.9 Å². The Balaban J connectivity index is 1.46. The van der Waals surface area contributed by atoms with E-state index in [1.807, 2.05) is 0 Å². The number of rotatable bonds is 11. The first-order valence-electron chi connectivity index (χ1n) is 12.6. The summed E-state index contributed by atoms with van der Waals surface area (Å²) >= 11 is 24.7. The summed E-state index contributed by atoms with van der Waals surface area (Å²) in [7, 11) is 0. The minimum Gasteiger partial charge on any atom is -0.364 e. The van der Waals surface area contributed by atoms with Crippen molar-refractivity contribution >= 4 is 69.6 Å². The molecule has 1 saturated carbocycles. The molecule has 0 aromatic heterocycles. The van der Waals surface area contributed by atoms with E-state index in [2.05, 4.69) is 10.1 Å². The van der Waals surface area contributed by atoms with Crippen LogP contribution in [0.2, 0.25) is 10.0 Å². The summed E-state index contributed by atoms with van der Waals surface area (Å²) in [5.74, 6) is -7.08. The third kappa shape index (κ3) is 7.87. The number of benzene rings is 3. The van der Waals surface area contributed by atoms with E-state index in [9.17, 15) is 36.3 Å². The third-order valence-electron chi connectivity index (χ3n) is 6.69. The molecular formula is C29H19Cl4F6NO4. The zero-order valence-corrected chi connectivity index (χ0v) is 25.0. The van der Waals surface area contributed by atoms with Gasteiger partial charge in [-0.1, -0.05) is 35.3 Å². The van der Waals surface area contributed by atoms with Gasteiger partial charge in [-0.15, -0.1) is 23.2 Å². The van der Waals surface area contributed by atoms with Crippen molar-refractivity contribution in [2.24, 2.45) is 5.92 Å². The van der Waals surface area contributed by atoms with Gasteiger partial charge in [0.25, 0.3) is 0 Å². The fourth-order valence-electron chi connectivity index (χ4n) is 4.55. The molecule has 3 aromatic rings. The van der Waals surface area contributed by atoms with Crippen LogP contribution in [-0.2, 0) is 27.2 Å². The zero-order chi connectivity index (χ0) is 32.6. The molecule has 0 radical (unpaired) electrons. The van der Waals surface area contributed by atoms with Gasteiger partial charge in [0, 0.05) is 35.6 Å². The number of nitrogens with one attached hydrogen (secondary N) is 1. The van der Waals surface area contributed by atoms with Gasteiger partial charge in [0.05, 0.1) is 16.0 Å². The van der Waals surface area contributed by atoms with Gasteiger partial charge in [-0.2, -0.15) is 13.2 Å². The average Bonchev–Trinajstić information content (AvgIpc) is 3.51. The Hall–Kier alpha value is -2.83. The molecule has 1 fully saturated rings. The Morgan fingerprint density at radius 2 is 1.57 bits per heavy atom. The van der Waals surface area contributed by atoms with E-state index in [0.717, 1.165) is 18.2 Å². The van der Waals surface area contributed by atoms with Crippen LogP contribution in [0.1, 0.15) is 33.0 Å². The molecule has 44 heavy (non-hydrogen) atoms. The Morgan fingerprint density at radius 1 is 0.886 bits per heavy atom. The molecule has 15 heteroatoms. The molecule has 1 amide bonds. The van der Waals surface area contributed by atoms with Gasteiger partial charge in [-0.05, 0) is 47.5 Å². The molecule has 0 saturated heterocycles. The molecule has 2 atom stereocenters. The van der Waals surface area contributed by atoms with Gasteiger partial charge < -0.3 is 10.1 Å². The van der Waals surface area contributed by atoms with Crippen LogP contribution in [0.25, 0.3) is 0 Å². The van der Waals surface area contributed by atoms with E-state index in [-0.39, 0.29) is 26.9 Å². The lowest BCUT2D eigenvalue weighted by Crippen LogP contribution is -2.22. The Bertz CT molecular complexity index is 1630. The molecule has 0 bridgehead atoms. The molecule has 4 rings (SSSR count). The number of hydrogen-bond acceptors (Lipinski definition) is 4. The second-order valence-electron chi connectivity index (χ2n) is 9.91. The van der Waals surface area contributed by atoms with Crippen LogP contribution in [0, 0.1) is 23.4 Å². The molecule has 5 nitrogen and oxygen atoms in total. The lowest BCUT2D eigenvalue weighted by molar-refractivity contribution is -0.175. The van der Waals surface area contributed by atoms with E-state index in [4.69, 9.17) is 46.4 Å². The van der Waals surface area contributed by atoms with Gasteiger partial charge in [0.1, 0.15) is 35.0 Å². The van der Waals surface area contributed by atoms with Gasteiger partial charge in [0.15, 0.2) is 11.6 Å². The van der Waals surface area contributed by atoms with Crippen molar-refractivity contribution in [2.45, 2.75) is 29.3 Å². The van der Waals surface area contributed by atoms with Crippen LogP contribution in [-0.4, -0.2) is 41.2 Å². The fraction of sp³-hybridized carbons (Fsp3) is 0.276. The summed E-state index contributed by atoms with van der Waals surface area (Å²) in [6.07, 6.45) is -6.23. The predicted octanol–water partition coefficient (Wildman–Crippen LogP) is 8.05. The second-order valence-corrected chi connectivity index (χ2v) is 12.2. The lowest BCUT2D eigenvalue weighted by Gasteiger charge is -2.12. The first-order valence-corrected chi connectivity index (χ1v) is 14.1. The number of carbonyl (C=O) groups is 3. The summed E-state index contributed by atoms with van der Waals surface area (Å²) in [6, 6.07) is 9.53. The molecule has 0 unspecified atom stereocenters. The number of Topliss-reactive ketones (excluding diaryl/α,β-unsaturated/α-hetero) is 2. The standard InChI is InChI=1S/C29H19Cl4F6NO4/c30-19-4-3-15(40-27(43)25-24(29(25,32)33)13-1-6-22(35)20(31)7-13)9-17(19)23(42)8-14-2-5-21(34)18(26(14)36)10-16(41)11-44-12-28(37,38)39/h1-7,9,24-25H,8,10-12H2,(H,40,43)/t24-,25+/m0/s1. The first-order chi connectivity index (χ1) is 20.5. The van der Waals surface area contributed by atoms with E-state index in [1.165, 1.54) is 30.3 Å². The first kappa shape index (κ1) is 34.1. The number of alkyl halides is 5. The van der Waals surface area contributed by atoms with Gasteiger partial charge >= 0.3 is 6.18 Å². The van der Waals surface area contributed by atoms with Crippen molar-refractivity contribution in [3.63, 3.8) is 0 Å². The summed E-state index contributed by atoms with van der Waals surface area (Å²) in [5, 5.41) is 2.35. The zero-order valence-electron chi connectivity index (χ0n) is 22.0. The lowest BCUT2D eigenvalue weighted by atomic mass is 9.98. The van der Waals surface area contributed by atoms with Crippen LogP contribution in [0.3, 0.4) is 0 Å².